The summed E-state index contributed by atoms with van der Waals surface area (Å²) < 4.78 is 5.08. The smallest absolute Gasteiger partial charge is 0.185 e. The van der Waals surface area contributed by atoms with E-state index in [9.17, 15) is 4.79 Å². The van der Waals surface area contributed by atoms with E-state index in [2.05, 4.69) is 6.58 Å². The monoisotopic (exact) mass is 176 g/mol. The second-order valence-corrected chi connectivity index (χ2v) is 2.75. The summed E-state index contributed by atoms with van der Waals surface area (Å²) in [5.74, 6) is 0.728. The van der Waals surface area contributed by atoms with Gasteiger partial charge in [0.25, 0.3) is 0 Å². The van der Waals surface area contributed by atoms with E-state index in [1.54, 1.807) is 25.3 Å². The lowest BCUT2D eigenvalue weighted by atomic mass is 10.1. The standard InChI is InChI=1S/C11H12O2/c1-4-10(12)9-5-6-11(13-3)8(2)7-9/h4-7H,1H2,2-3H3. The predicted molar refractivity (Wildman–Crippen MR) is 52.3 cm³/mol. The molecular weight excluding hydrogens is 164 g/mol. The van der Waals surface area contributed by atoms with Crippen LogP contribution in [0.3, 0.4) is 0 Å². The lowest BCUT2D eigenvalue weighted by Crippen LogP contribution is -1.95. The summed E-state index contributed by atoms with van der Waals surface area (Å²) in [6, 6.07) is 5.31. The van der Waals surface area contributed by atoms with Gasteiger partial charge in [0.2, 0.25) is 0 Å². The highest BCUT2D eigenvalue weighted by atomic mass is 16.5. The van der Waals surface area contributed by atoms with Crippen LogP contribution in [0.25, 0.3) is 0 Å². The van der Waals surface area contributed by atoms with Crippen molar-refractivity contribution in [1.29, 1.82) is 0 Å². The Kier molecular flexibility index (Phi) is 2.85. The first kappa shape index (κ1) is 9.52. The molecule has 0 heterocycles. The first-order valence-corrected chi connectivity index (χ1v) is 4.00. The third kappa shape index (κ3) is 1.96. The SMILES string of the molecule is C=CC(=O)c1ccc(OC)c(C)c1. The first-order chi connectivity index (χ1) is 6.19. The van der Waals surface area contributed by atoms with Gasteiger partial charge in [0.05, 0.1) is 7.11 Å². The van der Waals surface area contributed by atoms with Crippen molar-refractivity contribution in [3.05, 3.63) is 42.0 Å². The average molecular weight is 176 g/mol. The maximum Gasteiger partial charge on any atom is 0.185 e. The number of ketones is 1. The van der Waals surface area contributed by atoms with Gasteiger partial charge in [-0.05, 0) is 36.8 Å². The van der Waals surface area contributed by atoms with Crippen LogP contribution in [0.15, 0.2) is 30.9 Å². The van der Waals surface area contributed by atoms with E-state index in [1.807, 2.05) is 6.92 Å². The van der Waals surface area contributed by atoms with Crippen molar-refractivity contribution in [2.45, 2.75) is 6.92 Å². The number of benzene rings is 1. The van der Waals surface area contributed by atoms with Crippen LogP contribution in [0.5, 0.6) is 5.75 Å². The van der Waals surface area contributed by atoms with Gasteiger partial charge < -0.3 is 4.74 Å². The molecule has 0 saturated carbocycles. The Balaban J connectivity index is 3.09. The molecule has 0 radical (unpaired) electrons. The fraction of sp³-hybridized carbons (Fsp3) is 0.182. The molecule has 0 spiro atoms. The van der Waals surface area contributed by atoms with Crippen LogP contribution in [-0.2, 0) is 0 Å². The average Bonchev–Trinajstić information content (AvgIpc) is 2.16. The Bertz CT molecular complexity index is 340. The zero-order valence-corrected chi connectivity index (χ0v) is 7.83. The molecule has 68 valence electrons. The van der Waals surface area contributed by atoms with Crippen LogP contribution < -0.4 is 4.74 Å². The molecule has 0 aliphatic carbocycles. The molecule has 2 nitrogen and oxygen atoms in total. The van der Waals surface area contributed by atoms with E-state index in [-0.39, 0.29) is 5.78 Å². The molecule has 1 rings (SSSR count). The van der Waals surface area contributed by atoms with Crippen molar-refractivity contribution in [2.75, 3.05) is 7.11 Å². The quantitative estimate of drug-likeness (QED) is 0.522. The van der Waals surface area contributed by atoms with Gasteiger partial charge in [0.15, 0.2) is 5.78 Å². The largest absolute Gasteiger partial charge is 0.496 e. The van der Waals surface area contributed by atoms with Gasteiger partial charge in [0.1, 0.15) is 5.75 Å². The Morgan fingerprint density at radius 3 is 2.69 bits per heavy atom. The van der Waals surface area contributed by atoms with Crippen LogP contribution in [0.4, 0.5) is 0 Å². The van der Waals surface area contributed by atoms with Crippen molar-refractivity contribution in [3.63, 3.8) is 0 Å². The zero-order chi connectivity index (χ0) is 9.84. The number of rotatable bonds is 3. The third-order valence-corrected chi connectivity index (χ3v) is 1.86. The molecule has 1 aromatic rings. The van der Waals surface area contributed by atoms with Gasteiger partial charge in [-0.2, -0.15) is 0 Å². The molecule has 13 heavy (non-hydrogen) atoms. The molecule has 0 fully saturated rings. The minimum Gasteiger partial charge on any atom is -0.496 e. The fourth-order valence-corrected chi connectivity index (χ4v) is 1.15. The van der Waals surface area contributed by atoms with Crippen molar-refractivity contribution >= 4 is 5.78 Å². The summed E-state index contributed by atoms with van der Waals surface area (Å²) in [6.07, 6.45) is 1.31. The molecule has 0 atom stereocenters. The highest BCUT2D eigenvalue weighted by Crippen LogP contribution is 2.18. The molecule has 1 aromatic carbocycles. The number of carbonyl (C=O) groups excluding carboxylic acids is 1. The van der Waals surface area contributed by atoms with E-state index >= 15 is 0 Å². The van der Waals surface area contributed by atoms with Crippen molar-refractivity contribution < 1.29 is 9.53 Å². The minimum absolute atomic E-state index is 0.0641. The molecule has 2 heteroatoms. The van der Waals surface area contributed by atoms with Crippen LogP contribution >= 0.6 is 0 Å². The van der Waals surface area contributed by atoms with Gasteiger partial charge in [0, 0.05) is 5.56 Å². The molecular formula is C11H12O2. The van der Waals surface area contributed by atoms with Gasteiger partial charge in [-0.15, -0.1) is 0 Å². The van der Waals surface area contributed by atoms with Gasteiger partial charge in [-0.1, -0.05) is 6.58 Å². The summed E-state index contributed by atoms with van der Waals surface area (Å²) in [5.41, 5.74) is 1.60. The number of carbonyl (C=O) groups is 1. The number of hydrogen-bond acceptors (Lipinski definition) is 2. The number of methoxy groups -OCH3 is 1. The molecule has 0 N–H and O–H groups in total. The number of hydrogen-bond donors (Lipinski definition) is 0. The summed E-state index contributed by atoms with van der Waals surface area (Å²) in [7, 11) is 1.61. The zero-order valence-electron chi connectivity index (χ0n) is 7.83. The molecule has 0 aliphatic rings. The van der Waals surface area contributed by atoms with E-state index < -0.39 is 0 Å². The van der Waals surface area contributed by atoms with Gasteiger partial charge in [-0.25, -0.2) is 0 Å². The van der Waals surface area contributed by atoms with Gasteiger partial charge in [-0.3, -0.25) is 4.79 Å². The van der Waals surface area contributed by atoms with E-state index in [0.717, 1.165) is 11.3 Å². The number of aryl methyl sites for hydroxylation is 1. The summed E-state index contributed by atoms with van der Waals surface area (Å²) >= 11 is 0. The first-order valence-electron chi connectivity index (χ1n) is 4.00. The summed E-state index contributed by atoms with van der Waals surface area (Å²) in [4.78, 5) is 11.2. The fourth-order valence-electron chi connectivity index (χ4n) is 1.15. The lowest BCUT2D eigenvalue weighted by Gasteiger charge is -2.04. The summed E-state index contributed by atoms with van der Waals surface area (Å²) in [6.45, 7) is 5.33. The van der Waals surface area contributed by atoms with Crippen molar-refractivity contribution in [3.8, 4) is 5.75 Å². The van der Waals surface area contributed by atoms with Gasteiger partial charge >= 0.3 is 0 Å². The lowest BCUT2D eigenvalue weighted by molar-refractivity contribution is 0.104. The molecule has 0 unspecified atom stereocenters. The van der Waals surface area contributed by atoms with Crippen molar-refractivity contribution in [1.82, 2.24) is 0 Å². The van der Waals surface area contributed by atoms with Crippen LogP contribution in [0.2, 0.25) is 0 Å². The Labute approximate surface area is 77.8 Å². The molecule has 0 aromatic heterocycles. The number of allylic oxidation sites excluding steroid dienone is 1. The Morgan fingerprint density at radius 2 is 2.23 bits per heavy atom. The van der Waals surface area contributed by atoms with E-state index in [4.69, 9.17) is 4.74 Å². The maximum atomic E-state index is 11.2. The molecule has 0 aliphatic heterocycles. The van der Waals surface area contributed by atoms with E-state index in [0.29, 0.717) is 5.56 Å². The van der Waals surface area contributed by atoms with Crippen LogP contribution in [0.1, 0.15) is 15.9 Å². The second kappa shape index (κ2) is 3.90. The Morgan fingerprint density at radius 1 is 1.54 bits per heavy atom. The van der Waals surface area contributed by atoms with Crippen molar-refractivity contribution in [2.24, 2.45) is 0 Å². The highest BCUT2D eigenvalue weighted by Gasteiger charge is 2.03. The molecule has 0 bridgehead atoms. The molecule has 0 saturated heterocycles. The van der Waals surface area contributed by atoms with E-state index in [1.165, 1.54) is 6.08 Å². The second-order valence-electron chi connectivity index (χ2n) is 2.75. The minimum atomic E-state index is -0.0641. The highest BCUT2D eigenvalue weighted by molar-refractivity contribution is 6.04. The maximum absolute atomic E-state index is 11.2. The topological polar surface area (TPSA) is 26.3 Å². The molecule has 0 amide bonds. The van der Waals surface area contributed by atoms with Crippen LogP contribution in [0, 0.1) is 6.92 Å². The normalized spacial score (nSPS) is 9.38. The Hall–Kier alpha value is -1.57. The summed E-state index contributed by atoms with van der Waals surface area (Å²) in [5, 5.41) is 0. The van der Waals surface area contributed by atoms with Crippen LogP contribution in [-0.4, -0.2) is 12.9 Å². The predicted octanol–water partition coefficient (Wildman–Crippen LogP) is 2.37. The number of ether oxygens (including phenoxy) is 1. The third-order valence-electron chi connectivity index (χ3n) is 1.86.